The molecule has 32 heavy (non-hydrogen) atoms. The molecule has 0 aliphatic carbocycles. The number of hydrogen-bond acceptors (Lipinski definition) is 4. The number of hydrogen-bond donors (Lipinski definition) is 1. The van der Waals surface area contributed by atoms with Crippen LogP contribution < -0.4 is 5.32 Å². The van der Waals surface area contributed by atoms with Crippen molar-refractivity contribution in [2.24, 2.45) is 0 Å². The topological polar surface area (TPSA) is 46.2 Å². The van der Waals surface area contributed by atoms with E-state index in [4.69, 9.17) is 9.52 Å². The molecule has 1 fully saturated rings. The Kier molecular flexibility index (Phi) is 5.88. The number of benzene rings is 2. The van der Waals surface area contributed by atoms with Gasteiger partial charge in [0, 0.05) is 31.2 Å². The molecule has 4 aromatic rings. The van der Waals surface area contributed by atoms with Crippen LogP contribution in [-0.4, -0.2) is 46.9 Å². The van der Waals surface area contributed by atoms with Gasteiger partial charge >= 0.3 is 0 Å². The van der Waals surface area contributed by atoms with Crippen LogP contribution in [0.5, 0.6) is 0 Å². The Morgan fingerprint density at radius 3 is 2.50 bits per heavy atom. The molecule has 0 bridgehead atoms. The average Bonchev–Trinajstić information content (AvgIpc) is 3.50. The summed E-state index contributed by atoms with van der Waals surface area (Å²) < 4.78 is 21.0. The van der Waals surface area contributed by atoms with Gasteiger partial charge in [-0.3, -0.25) is 4.90 Å². The van der Waals surface area contributed by atoms with Gasteiger partial charge < -0.3 is 9.73 Å². The molecule has 164 valence electrons. The molecule has 1 N–H and O–H groups in total. The number of halogens is 1. The third kappa shape index (κ3) is 4.11. The minimum absolute atomic E-state index is 0.229. The molecule has 0 radical (unpaired) electrons. The second-order valence-electron chi connectivity index (χ2n) is 8.15. The van der Waals surface area contributed by atoms with Crippen molar-refractivity contribution in [3.05, 3.63) is 84.5 Å². The highest BCUT2D eigenvalue weighted by Gasteiger charge is 2.25. The largest absolute Gasteiger partial charge is 0.463 e. The fourth-order valence-corrected chi connectivity index (χ4v) is 4.52. The van der Waals surface area contributed by atoms with Gasteiger partial charge in [-0.25, -0.2) is 9.07 Å². The number of piperazine rings is 1. The highest BCUT2D eigenvalue weighted by atomic mass is 19.1. The molecule has 5 rings (SSSR count). The smallest absolute Gasteiger partial charge is 0.152 e. The van der Waals surface area contributed by atoms with Gasteiger partial charge in [-0.15, -0.1) is 0 Å². The summed E-state index contributed by atoms with van der Waals surface area (Å²) >= 11 is 0. The zero-order chi connectivity index (χ0) is 21.9. The Bertz CT molecular complexity index is 1150. The molecule has 1 unspecified atom stereocenters. The maximum atomic E-state index is 13.3. The van der Waals surface area contributed by atoms with Crippen LogP contribution >= 0.6 is 0 Å². The second kappa shape index (κ2) is 9.10. The lowest BCUT2D eigenvalue weighted by Crippen LogP contribution is -2.51. The van der Waals surface area contributed by atoms with Crippen molar-refractivity contribution in [3.8, 4) is 28.3 Å². The first-order valence-corrected chi connectivity index (χ1v) is 11.1. The number of aromatic nitrogens is 2. The molecule has 3 heterocycles. The van der Waals surface area contributed by atoms with Crippen molar-refractivity contribution in [1.82, 2.24) is 20.0 Å². The quantitative estimate of drug-likeness (QED) is 0.478. The summed E-state index contributed by atoms with van der Waals surface area (Å²) in [7, 11) is 0. The Labute approximate surface area is 187 Å². The molecule has 5 nitrogen and oxygen atoms in total. The minimum Gasteiger partial charge on any atom is -0.463 e. The van der Waals surface area contributed by atoms with Gasteiger partial charge in [-0.05, 0) is 60.5 Å². The predicted octanol–water partition coefficient (Wildman–Crippen LogP) is 4.77. The number of nitrogens with one attached hydrogen (secondary N) is 1. The van der Waals surface area contributed by atoms with Crippen LogP contribution in [0.2, 0.25) is 0 Å². The molecular formula is C26H27FN4O. The van der Waals surface area contributed by atoms with Crippen LogP contribution in [0.15, 0.2) is 77.5 Å². The summed E-state index contributed by atoms with van der Waals surface area (Å²) in [6.45, 7) is 6.34. The summed E-state index contributed by atoms with van der Waals surface area (Å²) in [4.78, 5) is 2.53. The molecule has 1 atom stereocenters. The van der Waals surface area contributed by atoms with Crippen LogP contribution in [0.4, 0.5) is 4.39 Å². The van der Waals surface area contributed by atoms with E-state index >= 15 is 0 Å². The average molecular weight is 431 g/mol. The van der Waals surface area contributed by atoms with Crippen molar-refractivity contribution in [2.45, 2.75) is 19.4 Å². The summed E-state index contributed by atoms with van der Waals surface area (Å²) in [6.07, 6.45) is 4.58. The van der Waals surface area contributed by atoms with Gasteiger partial charge in [-0.2, -0.15) is 5.10 Å². The number of likely N-dealkylation sites (N-methyl/N-ethyl adjacent to an activating group) is 1. The van der Waals surface area contributed by atoms with Crippen molar-refractivity contribution in [3.63, 3.8) is 0 Å². The number of rotatable bonds is 6. The first-order chi connectivity index (χ1) is 15.7. The van der Waals surface area contributed by atoms with E-state index in [2.05, 4.69) is 17.1 Å². The lowest BCUT2D eigenvalue weighted by Gasteiger charge is -2.35. The van der Waals surface area contributed by atoms with Gasteiger partial charge in [0.05, 0.1) is 18.1 Å². The van der Waals surface area contributed by atoms with E-state index in [1.807, 2.05) is 47.3 Å². The van der Waals surface area contributed by atoms with E-state index in [1.165, 1.54) is 17.7 Å². The van der Waals surface area contributed by atoms with Crippen LogP contribution in [0, 0.1) is 5.82 Å². The molecule has 0 amide bonds. The summed E-state index contributed by atoms with van der Waals surface area (Å²) in [6, 6.07) is 19.1. The predicted molar refractivity (Wildman–Crippen MR) is 124 cm³/mol. The molecule has 6 heteroatoms. The Morgan fingerprint density at radius 1 is 1.06 bits per heavy atom. The highest BCUT2D eigenvalue weighted by molar-refractivity contribution is 5.66. The highest BCUT2D eigenvalue weighted by Crippen LogP contribution is 2.30. The van der Waals surface area contributed by atoms with E-state index in [0.717, 1.165) is 60.9 Å². The van der Waals surface area contributed by atoms with Crippen LogP contribution in [-0.2, 0) is 6.42 Å². The monoisotopic (exact) mass is 430 g/mol. The summed E-state index contributed by atoms with van der Waals surface area (Å²) in [5.74, 6) is 0.583. The number of nitrogens with zero attached hydrogens (tertiary/aromatic N) is 3. The SMILES string of the molecule is CCN1CCNCC1Cc1cnn(-c2ccc(-c3ccc(F)cc3)cc2)c1-c1ccco1. The van der Waals surface area contributed by atoms with Crippen molar-refractivity contribution < 1.29 is 8.81 Å². The Balaban J connectivity index is 1.48. The minimum atomic E-state index is -0.229. The van der Waals surface area contributed by atoms with Gasteiger partial charge in [0.1, 0.15) is 11.5 Å². The third-order valence-electron chi connectivity index (χ3n) is 6.22. The van der Waals surface area contributed by atoms with Crippen LogP contribution in [0.1, 0.15) is 12.5 Å². The lowest BCUT2D eigenvalue weighted by atomic mass is 10.0. The molecule has 1 saturated heterocycles. The third-order valence-corrected chi connectivity index (χ3v) is 6.22. The molecule has 0 spiro atoms. The maximum absolute atomic E-state index is 13.3. The van der Waals surface area contributed by atoms with Crippen molar-refractivity contribution >= 4 is 0 Å². The number of furan rings is 1. The lowest BCUT2D eigenvalue weighted by molar-refractivity contribution is 0.169. The molecular weight excluding hydrogens is 403 g/mol. The first kappa shape index (κ1) is 20.7. The van der Waals surface area contributed by atoms with Crippen LogP contribution in [0.25, 0.3) is 28.3 Å². The normalized spacial score (nSPS) is 17.0. The standard InChI is InChI=1S/C26H27FN4O/c1-2-30-14-13-28-18-24(30)16-21-17-29-31(26(21)25-4-3-15-32-25)23-11-7-20(8-12-23)19-5-9-22(27)10-6-19/h3-12,15,17,24,28H,2,13-14,16,18H2,1H3. The van der Waals surface area contributed by atoms with Gasteiger partial charge in [0.25, 0.3) is 0 Å². The maximum Gasteiger partial charge on any atom is 0.152 e. The summed E-state index contributed by atoms with van der Waals surface area (Å²) in [5.41, 5.74) is 5.14. The van der Waals surface area contributed by atoms with Gasteiger partial charge in [0.15, 0.2) is 5.76 Å². The molecule has 2 aromatic carbocycles. The molecule has 2 aromatic heterocycles. The zero-order valence-corrected chi connectivity index (χ0v) is 18.2. The van der Waals surface area contributed by atoms with E-state index in [-0.39, 0.29) is 5.82 Å². The fraction of sp³-hybridized carbons (Fsp3) is 0.269. The summed E-state index contributed by atoms with van der Waals surface area (Å²) in [5, 5.41) is 8.26. The van der Waals surface area contributed by atoms with Crippen molar-refractivity contribution in [2.75, 3.05) is 26.2 Å². The van der Waals surface area contributed by atoms with Gasteiger partial charge in [-0.1, -0.05) is 31.2 Å². The zero-order valence-electron chi connectivity index (χ0n) is 18.2. The van der Waals surface area contributed by atoms with Crippen molar-refractivity contribution in [1.29, 1.82) is 0 Å². The van der Waals surface area contributed by atoms with E-state index < -0.39 is 0 Å². The second-order valence-corrected chi connectivity index (χ2v) is 8.15. The van der Waals surface area contributed by atoms with E-state index in [9.17, 15) is 4.39 Å². The van der Waals surface area contributed by atoms with E-state index in [1.54, 1.807) is 18.4 Å². The Hall–Kier alpha value is -3.22. The Morgan fingerprint density at radius 2 is 1.81 bits per heavy atom. The molecule has 0 saturated carbocycles. The van der Waals surface area contributed by atoms with E-state index in [0.29, 0.717) is 6.04 Å². The first-order valence-electron chi connectivity index (χ1n) is 11.1. The molecule has 1 aliphatic heterocycles. The fourth-order valence-electron chi connectivity index (χ4n) is 4.52. The molecule has 1 aliphatic rings. The van der Waals surface area contributed by atoms with Crippen LogP contribution in [0.3, 0.4) is 0 Å². The van der Waals surface area contributed by atoms with Gasteiger partial charge in [0.2, 0.25) is 0 Å².